The summed E-state index contributed by atoms with van der Waals surface area (Å²) in [7, 11) is 1.55. The Labute approximate surface area is 228 Å². The third-order valence-corrected chi connectivity index (χ3v) is 7.08. The smallest absolute Gasteiger partial charge is 0.266 e. The lowest BCUT2D eigenvalue weighted by molar-refractivity contribution is -0.122. The van der Waals surface area contributed by atoms with Gasteiger partial charge in [-0.1, -0.05) is 46.3 Å². The van der Waals surface area contributed by atoms with E-state index < -0.39 is 0 Å². The summed E-state index contributed by atoms with van der Waals surface area (Å²) in [6.45, 7) is 3.49. The minimum atomic E-state index is -0.319. The van der Waals surface area contributed by atoms with Gasteiger partial charge in [-0.25, -0.2) is 9.38 Å². The van der Waals surface area contributed by atoms with Crippen molar-refractivity contribution < 1.29 is 23.4 Å². The van der Waals surface area contributed by atoms with E-state index in [0.717, 1.165) is 15.7 Å². The molecule has 1 aliphatic heterocycles. The first kappa shape index (κ1) is 26.9. The maximum Gasteiger partial charge on any atom is 0.266 e. The highest BCUT2D eigenvalue weighted by molar-refractivity contribution is 9.10. The van der Waals surface area contributed by atoms with Gasteiger partial charge in [-0.15, -0.1) is 0 Å². The fraction of sp³-hybridized carbons (Fsp3) is 0.214. The second kappa shape index (κ2) is 12.9. The summed E-state index contributed by atoms with van der Waals surface area (Å²) in [5, 5.41) is 0.597. The monoisotopic (exact) mass is 584 g/mol. The van der Waals surface area contributed by atoms with Crippen molar-refractivity contribution >= 4 is 50.5 Å². The summed E-state index contributed by atoms with van der Waals surface area (Å²) in [4.78, 5) is 20.2. The average Bonchev–Trinajstić information content (AvgIpc) is 3.18. The van der Waals surface area contributed by atoms with Crippen LogP contribution in [-0.4, -0.2) is 42.8 Å². The number of ether oxygens (including phenoxy) is 3. The zero-order chi connectivity index (χ0) is 26.2. The quantitative estimate of drug-likeness (QED) is 0.193. The van der Waals surface area contributed by atoms with E-state index in [1.54, 1.807) is 42.4 Å². The molecule has 1 amide bonds. The van der Waals surface area contributed by atoms with Gasteiger partial charge in [0.15, 0.2) is 16.7 Å². The van der Waals surface area contributed by atoms with Crippen LogP contribution in [0.4, 0.5) is 10.1 Å². The molecule has 3 aromatic rings. The van der Waals surface area contributed by atoms with E-state index in [4.69, 9.17) is 19.2 Å². The van der Waals surface area contributed by atoms with Crippen LogP contribution in [0.1, 0.15) is 18.1 Å². The molecule has 1 saturated heterocycles. The van der Waals surface area contributed by atoms with Crippen LogP contribution in [0.2, 0.25) is 0 Å². The molecular weight excluding hydrogens is 559 g/mol. The third kappa shape index (κ3) is 7.00. The number of benzene rings is 3. The van der Waals surface area contributed by atoms with Gasteiger partial charge in [0.2, 0.25) is 0 Å². The number of nitrogens with zero attached hydrogens (tertiary/aromatic N) is 2. The van der Waals surface area contributed by atoms with E-state index in [2.05, 4.69) is 15.9 Å². The minimum Gasteiger partial charge on any atom is -0.493 e. The fourth-order valence-corrected chi connectivity index (χ4v) is 5.02. The lowest BCUT2D eigenvalue weighted by atomic mass is 10.1. The van der Waals surface area contributed by atoms with Crippen molar-refractivity contribution in [3.05, 3.63) is 93.1 Å². The van der Waals surface area contributed by atoms with Crippen LogP contribution in [0.15, 0.2) is 81.1 Å². The molecule has 1 fully saturated rings. The standard InChI is InChI=1S/C28H26BrFN2O4S/c1-3-35-13-12-32-27(33)26(37-28(32)31-22-10-5-4-6-11-22)16-20-15-24(34-2)25(17-23(20)29)36-18-19-8-7-9-21(30)14-19/h4-11,14-17H,3,12-13,18H2,1-2H3/b26-16-,31-28?. The predicted molar refractivity (Wildman–Crippen MR) is 149 cm³/mol. The molecule has 0 unspecified atom stereocenters. The molecule has 192 valence electrons. The first-order chi connectivity index (χ1) is 18.0. The number of rotatable bonds is 10. The van der Waals surface area contributed by atoms with Crippen LogP contribution in [0, 0.1) is 5.82 Å². The lowest BCUT2D eigenvalue weighted by Gasteiger charge is -2.15. The number of carbonyl (C=O) groups is 1. The molecule has 0 aromatic heterocycles. The number of amides is 1. The van der Waals surface area contributed by atoms with Crippen LogP contribution >= 0.6 is 27.7 Å². The van der Waals surface area contributed by atoms with Gasteiger partial charge in [0.25, 0.3) is 5.91 Å². The summed E-state index contributed by atoms with van der Waals surface area (Å²) in [5.41, 5.74) is 2.22. The molecule has 1 heterocycles. The largest absolute Gasteiger partial charge is 0.493 e. The Morgan fingerprint density at radius 1 is 1.08 bits per heavy atom. The number of aliphatic imine (C=N–C) groups is 1. The Morgan fingerprint density at radius 3 is 2.62 bits per heavy atom. The molecule has 37 heavy (non-hydrogen) atoms. The molecular formula is C28H26BrFN2O4S. The Morgan fingerprint density at radius 2 is 1.89 bits per heavy atom. The molecule has 4 rings (SSSR count). The van der Waals surface area contributed by atoms with Crippen LogP contribution in [0.5, 0.6) is 11.5 Å². The first-order valence-electron chi connectivity index (χ1n) is 11.7. The number of carbonyl (C=O) groups excluding carboxylic acids is 1. The molecule has 0 spiro atoms. The summed E-state index contributed by atoms with van der Waals surface area (Å²) in [6, 6.07) is 19.3. The van der Waals surface area contributed by atoms with E-state index in [-0.39, 0.29) is 18.3 Å². The van der Waals surface area contributed by atoms with E-state index in [1.165, 1.54) is 23.9 Å². The summed E-state index contributed by atoms with van der Waals surface area (Å²) < 4.78 is 31.1. The molecule has 0 radical (unpaired) electrons. The molecule has 0 atom stereocenters. The van der Waals surface area contributed by atoms with Gasteiger partial charge in [-0.05, 0) is 72.3 Å². The number of amidine groups is 1. The van der Waals surface area contributed by atoms with Gasteiger partial charge in [-0.2, -0.15) is 0 Å². The van der Waals surface area contributed by atoms with Crippen molar-refractivity contribution in [3.63, 3.8) is 0 Å². The minimum absolute atomic E-state index is 0.142. The van der Waals surface area contributed by atoms with E-state index in [1.807, 2.05) is 37.3 Å². The number of hydrogen-bond donors (Lipinski definition) is 0. The Balaban J connectivity index is 1.59. The maximum absolute atomic E-state index is 13.5. The van der Waals surface area contributed by atoms with Gasteiger partial charge >= 0.3 is 0 Å². The molecule has 0 aliphatic carbocycles. The zero-order valence-corrected chi connectivity index (χ0v) is 22.9. The normalized spacial score (nSPS) is 15.6. The maximum atomic E-state index is 13.5. The van der Waals surface area contributed by atoms with Crippen molar-refractivity contribution in [3.8, 4) is 11.5 Å². The number of para-hydroxylation sites is 1. The number of halogens is 2. The van der Waals surface area contributed by atoms with Gasteiger partial charge in [0.05, 0.1) is 30.9 Å². The van der Waals surface area contributed by atoms with Crippen molar-refractivity contribution in [2.24, 2.45) is 4.99 Å². The van der Waals surface area contributed by atoms with Gasteiger partial charge < -0.3 is 14.2 Å². The highest BCUT2D eigenvalue weighted by atomic mass is 79.9. The molecule has 0 N–H and O–H groups in total. The SMILES string of the molecule is CCOCCN1C(=O)/C(=C/c2cc(OC)c(OCc3cccc(F)c3)cc2Br)SC1=Nc1ccccc1. The fourth-order valence-electron chi connectivity index (χ4n) is 3.56. The second-order valence-electron chi connectivity index (χ2n) is 7.94. The van der Waals surface area contributed by atoms with Gasteiger partial charge in [-0.3, -0.25) is 9.69 Å². The Hall–Kier alpha value is -3.14. The van der Waals surface area contributed by atoms with Crippen LogP contribution in [0.3, 0.4) is 0 Å². The second-order valence-corrected chi connectivity index (χ2v) is 9.80. The molecule has 9 heteroatoms. The zero-order valence-electron chi connectivity index (χ0n) is 20.4. The lowest BCUT2D eigenvalue weighted by Crippen LogP contribution is -2.32. The summed E-state index contributed by atoms with van der Waals surface area (Å²) >= 11 is 4.90. The van der Waals surface area contributed by atoms with Crippen LogP contribution in [0.25, 0.3) is 6.08 Å². The summed E-state index contributed by atoms with van der Waals surface area (Å²) in [5.74, 6) is 0.529. The molecule has 0 saturated carbocycles. The highest BCUT2D eigenvalue weighted by Crippen LogP contribution is 2.39. The molecule has 6 nitrogen and oxygen atoms in total. The van der Waals surface area contributed by atoms with Crippen molar-refractivity contribution in [1.82, 2.24) is 4.90 Å². The number of hydrogen-bond acceptors (Lipinski definition) is 6. The third-order valence-electron chi connectivity index (χ3n) is 5.39. The van der Waals surface area contributed by atoms with Gasteiger partial charge in [0.1, 0.15) is 12.4 Å². The van der Waals surface area contributed by atoms with Crippen LogP contribution < -0.4 is 9.47 Å². The van der Waals surface area contributed by atoms with E-state index in [9.17, 15) is 9.18 Å². The van der Waals surface area contributed by atoms with E-state index in [0.29, 0.717) is 46.9 Å². The first-order valence-corrected chi connectivity index (χ1v) is 13.3. The van der Waals surface area contributed by atoms with E-state index >= 15 is 0 Å². The number of thioether (sulfide) groups is 1. The highest BCUT2D eigenvalue weighted by Gasteiger charge is 2.33. The Bertz CT molecular complexity index is 1320. The topological polar surface area (TPSA) is 60.4 Å². The Kier molecular flexibility index (Phi) is 9.38. The molecule has 3 aromatic carbocycles. The predicted octanol–water partition coefficient (Wildman–Crippen LogP) is 6.82. The van der Waals surface area contributed by atoms with Crippen molar-refractivity contribution in [2.75, 3.05) is 26.9 Å². The van der Waals surface area contributed by atoms with Gasteiger partial charge in [0, 0.05) is 11.1 Å². The molecule has 1 aliphatic rings. The number of methoxy groups -OCH3 is 1. The van der Waals surface area contributed by atoms with Crippen molar-refractivity contribution in [1.29, 1.82) is 0 Å². The average molecular weight is 585 g/mol. The molecule has 0 bridgehead atoms. The summed E-state index contributed by atoms with van der Waals surface area (Å²) in [6.07, 6.45) is 1.80. The van der Waals surface area contributed by atoms with Crippen LogP contribution in [-0.2, 0) is 16.1 Å². The van der Waals surface area contributed by atoms with Crippen molar-refractivity contribution in [2.45, 2.75) is 13.5 Å².